The van der Waals surface area contributed by atoms with E-state index in [0.717, 1.165) is 51.9 Å². The van der Waals surface area contributed by atoms with Crippen molar-refractivity contribution in [1.29, 1.82) is 0 Å². The van der Waals surface area contributed by atoms with Crippen molar-refractivity contribution in [3.63, 3.8) is 0 Å². The van der Waals surface area contributed by atoms with E-state index in [4.69, 9.17) is 0 Å². The maximum atomic E-state index is 13.2. The van der Waals surface area contributed by atoms with Crippen LogP contribution in [0.4, 0.5) is 0 Å². The Morgan fingerprint density at radius 1 is 0.941 bits per heavy atom. The summed E-state index contributed by atoms with van der Waals surface area (Å²) in [6.07, 6.45) is 4.00. The van der Waals surface area contributed by atoms with Gasteiger partial charge in [-0.15, -0.1) is 0 Å². The minimum Gasteiger partial charge on any atom is -0.343 e. The third-order valence-corrected chi connectivity index (χ3v) is 6.80. The van der Waals surface area contributed by atoms with Gasteiger partial charge in [-0.1, -0.05) is 60.7 Å². The molecule has 1 aliphatic heterocycles. The number of rotatable bonds is 12. The predicted octanol–water partition coefficient (Wildman–Crippen LogP) is 2.88. The quantitative estimate of drug-likeness (QED) is 0.507. The molecule has 0 bridgehead atoms. The number of hydrogen-bond donors (Lipinski definition) is 2. The number of hydrogen-bond acceptors (Lipinski definition) is 4. The molecule has 184 valence electrons. The molecular formula is C28H40N4O2. The molecule has 6 nitrogen and oxygen atoms in total. The summed E-state index contributed by atoms with van der Waals surface area (Å²) < 4.78 is 0. The Bertz CT molecular complexity index is 846. The first kappa shape index (κ1) is 25.9. The second-order valence-corrected chi connectivity index (χ2v) is 9.34. The van der Waals surface area contributed by atoms with Gasteiger partial charge in [0.15, 0.2) is 0 Å². The SMILES string of the molecule is CN[C@@H](C)C(=O)N[C@H](C)C(=O)N1CCC[C@H]1CN(CCc1ccccc1)CCc1ccccc1. The van der Waals surface area contributed by atoms with Gasteiger partial charge >= 0.3 is 0 Å². The topological polar surface area (TPSA) is 64.7 Å². The van der Waals surface area contributed by atoms with Crippen LogP contribution < -0.4 is 10.6 Å². The van der Waals surface area contributed by atoms with Crippen molar-refractivity contribution in [2.75, 3.05) is 33.2 Å². The maximum absolute atomic E-state index is 13.2. The van der Waals surface area contributed by atoms with Crippen LogP contribution in [0.2, 0.25) is 0 Å². The first-order chi connectivity index (χ1) is 16.5. The normalized spacial score (nSPS) is 17.5. The Balaban J connectivity index is 1.62. The van der Waals surface area contributed by atoms with Crippen molar-refractivity contribution < 1.29 is 9.59 Å². The minimum absolute atomic E-state index is 0.0187. The molecule has 1 heterocycles. The molecule has 6 heteroatoms. The number of benzene rings is 2. The number of likely N-dealkylation sites (tertiary alicyclic amines) is 1. The molecule has 2 amide bonds. The first-order valence-electron chi connectivity index (χ1n) is 12.6. The molecule has 3 rings (SSSR count). The summed E-state index contributed by atoms with van der Waals surface area (Å²) in [5.74, 6) is -0.128. The van der Waals surface area contributed by atoms with E-state index >= 15 is 0 Å². The van der Waals surface area contributed by atoms with Crippen LogP contribution in [0.25, 0.3) is 0 Å². The van der Waals surface area contributed by atoms with Gasteiger partial charge in [0.05, 0.1) is 6.04 Å². The van der Waals surface area contributed by atoms with Crippen LogP contribution in [0, 0.1) is 0 Å². The fourth-order valence-corrected chi connectivity index (χ4v) is 4.55. The van der Waals surface area contributed by atoms with Gasteiger partial charge in [-0.05, 0) is 57.7 Å². The number of amides is 2. The average Bonchev–Trinajstić information content (AvgIpc) is 3.33. The Morgan fingerprint density at radius 3 is 2.03 bits per heavy atom. The van der Waals surface area contributed by atoms with Crippen LogP contribution in [-0.2, 0) is 22.4 Å². The van der Waals surface area contributed by atoms with E-state index in [1.54, 1.807) is 20.9 Å². The Hall–Kier alpha value is -2.70. The lowest BCUT2D eigenvalue weighted by Crippen LogP contribution is -2.53. The van der Waals surface area contributed by atoms with Crippen molar-refractivity contribution in [2.24, 2.45) is 0 Å². The summed E-state index contributed by atoms with van der Waals surface area (Å²) in [6, 6.07) is 20.5. The van der Waals surface area contributed by atoms with Gasteiger partial charge in [-0.3, -0.25) is 9.59 Å². The first-order valence-corrected chi connectivity index (χ1v) is 12.6. The molecular weight excluding hydrogens is 424 g/mol. The van der Waals surface area contributed by atoms with Gasteiger partial charge in [0, 0.05) is 32.2 Å². The number of likely N-dealkylation sites (N-methyl/N-ethyl adjacent to an activating group) is 1. The summed E-state index contributed by atoms with van der Waals surface area (Å²) in [4.78, 5) is 30.0. The Labute approximate surface area is 204 Å². The molecule has 2 aromatic rings. The lowest BCUT2D eigenvalue weighted by Gasteiger charge is -2.33. The van der Waals surface area contributed by atoms with Crippen molar-refractivity contribution in [2.45, 2.75) is 57.7 Å². The van der Waals surface area contributed by atoms with Crippen molar-refractivity contribution >= 4 is 11.8 Å². The second-order valence-electron chi connectivity index (χ2n) is 9.34. The number of carbonyl (C=O) groups is 2. The van der Waals surface area contributed by atoms with Gasteiger partial charge < -0.3 is 20.4 Å². The third kappa shape index (κ3) is 7.67. The molecule has 2 aromatic carbocycles. The number of nitrogens with zero attached hydrogens (tertiary/aromatic N) is 2. The molecule has 0 saturated carbocycles. The molecule has 0 unspecified atom stereocenters. The predicted molar refractivity (Wildman–Crippen MR) is 138 cm³/mol. The summed E-state index contributed by atoms with van der Waals surface area (Å²) in [5, 5.41) is 5.79. The lowest BCUT2D eigenvalue weighted by atomic mass is 10.1. The van der Waals surface area contributed by atoms with Gasteiger partial charge in [0.25, 0.3) is 0 Å². The van der Waals surface area contributed by atoms with Crippen LogP contribution in [0.3, 0.4) is 0 Å². The highest BCUT2D eigenvalue weighted by Gasteiger charge is 2.33. The van der Waals surface area contributed by atoms with E-state index in [1.807, 2.05) is 4.90 Å². The van der Waals surface area contributed by atoms with E-state index < -0.39 is 6.04 Å². The molecule has 34 heavy (non-hydrogen) atoms. The van der Waals surface area contributed by atoms with Crippen LogP contribution in [0.15, 0.2) is 60.7 Å². The molecule has 0 spiro atoms. The van der Waals surface area contributed by atoms with E-state index in [0.29, 0.717) is 0 Å². The molecule has 0 aromatic heterocycles. The average molecular weight is 465 g/mol. The summed E-state index contributed by atoms with van der Waals surface area (Å²) in [6.45, 7) is 7.13. The van der Waals surface area contributed by atoms with E-state index in [-0.39, 0.29) is 23.9 Å². The lowest BCUT2D eigenvalue weighted by molar-refractivity contribution is -0.137. The molecule has 1 fully saturated rings. The van der Waals surface area contributed by atoms with Gasteiger partial charge in [0.1, 0.15) is 6.04 Å². The number of nitrogens with one attached hydrogen (secondary N) is 2. The molecule has 2 N–H and O–H groups in total. The maximum Gasteiger partial charge on any atom is 0.245 e. The Morgan fingerprint density at radius 2 is 1.50 bits per heavy atom. The number of carbonyl (C=O) groups excluding carboxylic acids is 2. The summed E-state index contributed by atoms with van der Waals surface area (Å²) in [5.41, 5.74) is 2.67. The van der Waals surface area contributed by atoms with Gasteiger partial charge in [-0.2, -0.15) is 0 Å². The zero-order chi connectivity index (χ0) is 24.3. The van der Waals surface area contributed by atoms with Crippen molar-refractivity contribution in [3.05, 3.63) is 71.8 Å². The van der Waals surface area contributed by atoms with Crippen LogP contribution in [-0.4, -0.2) is 73.0 Å². The largest absolute Gasteiger partial charge is 0.343 e. The fourth-order valence-electron chi connectivity index (χ4n) is 4.55. The van der Waals surface area contributed by atoms with Gasteiger partial charge in [0.2, 0.25) is 11.8 Å². The van der Waals surface area contributed by atoms with E-state index in [1.165, 1.54) is 11.1 Å². The standard InChI is InChI=1S/C28H40N4O2/c1-22(29-3)27(33)30-23(2)28(34)32-18-10-15-26(32)21-31(19-16-24-11-6-4-7-12-24)20-17-25-13-8-5-9-14-25/h4-9,11-14,22-23,26,29H,10,15-21H2,1-3H3,(H,30,33)/t22-,23+,26-/m0/s1. The fraction of sp³-hybridized carbons (Fsp3) is 0.500. The van der Waals surface area contributed by atoms with Crippen molar-refractivity contribution in [3.8, 4) is 0 Å². The second kappa shape index (κ2) is 13.3. The van der Waals surface area contributed by atoms with E-state index in [9.17, 15) is 9.59 Å². The third-order valence-electron chi connectivity index (χ3n) is 6.80. The smallest absolute Gasteiger partial charge is 0.245 e. The van der Waals surface area contributed by atoms with Crippen LogP contribution in [0.5, 0.6) is 0 Å². The molecule has 0 radical (unpaired) electrons. The molecule has 1 saturated heterocycles. The monoisotopic (exact) mass is 464 g/mol. The zero-order valence-corrected chi connectivity index (χ0v) is 20.9. The summed E-state index contributed by atoms with van der Waals surface area (Å²) in [7, 11) is 1.74. The molecule has 3 atom stereocenters. The van der Waals surface area contributed by atoms with Crippen LogP contribution >= 0.6 is 0 Å². The highest BCUT2D eigenvalue weighted by atomic mass is 16.2. The highest BCUT2D eigenvalue weighted by Crippen LogP contribution is 2.20. The van der Waals surface area contributed by atoms with E-state index in [2.05, 4.69) is 76.2 Å². The van der Waals surface area contributed by atoms with Crippen molar-refractivity contribution in [1.82, 2.24) is 20.4 Å². The zero-order valence-electron chi connectivity index (χ0n) is 20.9. The van der Waals surface area contributed by atoms with Gasteiger partial charge in [-0.25, -0.2) is 0 Å². The molecule has 0 aliphatic carbocycles. The molecule has 1 aliphatic rings. The summed E-state index contributed by atoms with van der Waals surface area (Å²) >= 11 is 0. The highest BCUT2D eigenvalue weighted by molar-refractivity contribution is 5.89. The Kier molecular flexibility index (Phi) is 10.1. The van der Waals surface area contributed by atoms with Crippen LogP contribution in [0.1, 0.15) is 37.8 Å². The minimum atomic E-state index is -0.522.